The Balaban J connectivity index is 2.22. The molecule has 3 aromatic rings. The molecule has 0 unspecified atom stereocenters. The lowest BCUT2D eigenvalue weighted by molar-refractivity contribution is 0.355. The molecule has 27 heavy (non-hydrogen) atoms. The highest BCUT2D eigenvalue weighted by molar-refractivity contribution is 6.42. The number of nitrogen functional groups attached to an aromatic ring is 1. The molecule has 0 aliphatic rings. The fourth-order valence-corrected chi connectivity index (χ4v) is 3.02. The second-order valence-electron chi connectivity index (χ2n) is 5.63. The first kappa shape index (κ1) is 18.8. The molecule has 0 amide bonds. The van der Waals surface area contributed by atoms with Crippen LogP contribution in [0.25, 0.3) is 22.4 Å². The zero-order valence-electron chi connectivity index (χ0n) is 14.6. The number of hydrogen-bond acceptors (Lipinski definition) is 5. The third kappa shape index (κ3) is 3.63. The lowest BCUT2D eigenvalue weighted by Crippen LogP contribution is -2.00. The molecule has 1 aromatic heterocycles. The van der Waals surface area contributed by atoms with E-state index in [0.717, 1.165) is 11.1 Å². The number of aromatic nitrogens is 1. The maximum Gasteiger partial charge on any atom is 0.161 e. The van der Waals surface area contributed by atoms with Crippen molar-refractivity contribution in [3.63, 3.8) is 0 Å². The number of hydrogen-bond donors (Lipinski definition) is 1. The van der Waals surface area contributed by atoms with Gasteiger partial charge in [0, 0.05) is 11.1 Å². The number of ether oxygens (including phenoxy) is 2. The van der Waals surface area contributed by atoms with E-state index in [1.807, 2.05) is 6.07 Å². The molecule has 1 heterocycles. The molecule has 0 fully saturated rings. The topological polar surface area (TPSA) is 81.2 Å². The molecule has 0 saturated heterocycles. The third-order valence-corrected chi connectivity index (χ3v) is 4.81. The monoisotopic (exact) mass is 399 g/mol. The zero-order chi connectivity index (χ0) is 19.6. The number of anilines is 1. The van der Waals surface area contributed by atoms with Gasteiger partial charge in [-0.25, -0.2) is 4.98 Å². The molecule has 0 bridgehead atoms. The van der Waals surface area contributed by atoms with E-state index in [1.165, 1.54) is 0 Å². The number of benzene rings is 2. The van der Waals surface area contributed by atoms with E-state index in [4.69, 9.17) is 38.4 Å². The summed E-state index contributed by atoms with van der Waals surface area (Å²) in [5, 5.41) is 10.4. The number of methoxy groups -OCH3 is 2. The van der Waals surface area contributed by atoms with Crippen molar-refractivity contribution in [2.45, 2.75) is 0 Å². The molecule has 136 valence electrons. The SMILES string of the molecule is COc1ccc(-c2cc(-c3ccc(Cl)c(Cl)c3)nc(N)c2C#N)cc1OC. The lowest BCUT2D eigenvalue weighted by atomic mass is 9.98. The Labute approximate surface area is 166 Å². The number of nitrogens with two attached hydrogens (primary N) is 1. The van der Waals surface area contributed by atoms with Crippen LogP contribution >= 0.6 is 23.2 Å². The average molecular weight is 400 g/mol. The first-order valence-corrected chi connectivity index (χ1v) is 8.62. The second kappa shape index (κ2) is 7.75. The van der Waals surface area contributed by atoms with Crippen LogP contribution in [-0.4, -0.2) is 19.2 Å². The molecule has 0 atom stereocenters. The normalized spacial score (nSPS) is 10.3. The Morgan fingerprint density at radius 3 is 2.26 bits per heavy atom. The van der Waals surface area contributed by atoms with E-state index in [1.54, 1.807) is 50.6 Å². The number of nitriles is 1. The fraction of sp³-hybridized carbons (Fsp3) is 0.100. The van der Waals surface area contributed by atoms with Crippen LogP contribution in [0.2, 0.25) is 10.0 Å². The van der Waals surface area contributed by atoms with Crippen LogP contribution in [0, 0.1) is 11.3 Å². The van der Waals surface area contributed by atoms with Crippen LogP contribution < -0.4 is 15.2 Å². The van der Waals surface area contributed by atoms with Crippen molar-refractivity contribution in [3.05, 3.63) is 58.1 Å². The Hall–Kier alpha value is -2.94. The minimum atomic E-state index is 0.130. The van der Waals surface area contributed by atoms with E-state index in [9.17, 15) is 5.26 Å². The van der Waals surface area contributed by atoms with Crippen LogP contribution in [0.3, 0.4) is 0 Å². The first-order valence-electron chi connectivity index (χ1n) is 7.87. The zero-order valence-corrected chi connectivity index (χ0v) is 16.1. The predicted molar refractivity (Wildman–Crippen MR) is 107 cm³/mol. The minimum Gasteiger partial charge on any atom is -0.493 e. The highest BCUT2D eigenvalue weighted by Crippen LogP contribution is 2.37. The molecule has 0 aliphatic carbocycles. The highest BCUT2D eigenvalue weighted by atomic mass is 35.5. The van der Waals surface area contributed by atoms with Crippen LogP contribution in [0.5, 0.6) is 11.5 Å². The van der Waals surface area contributed by atoms with Crippen LogP contribution in [0.4, 0.5) is 5.82 Å². The summed E-state index contributed by atoms with van der Waals surface area (Å²) in [6, 6.07) is 14.5. The van der Waals surface area contributed by atoms with Gasteiger partial charge in [0.2, 0.25) is 0 Å². The molecular weight excluding hydrogens is 385 g/mol. The maximum atomic E-state index is 9.57. The van der Waals surface area contributed by atoms with Crippen LogP contribution in [0.15, 0.2) is 42.5 Å². The lowest BCUT2D eigenvalue weighted by Gasteiger charge is -2.13. The van der Waals surface area contributed by atoms with Gasteiger partial charge in [-0.15, -0.1) is 0 Å². The van der Waals surface area contributed by atoms with Gasteiger partial charge in [0.05, 0.1) is 30.0 Å². The summed E-state index contributed by atoms with van der Waals surface area (Å²) in [5.74, 6) is 1.27. The molecule has 2 N–H and O–H groups in total. The van der Waals surface area contributed by atoms with Gasteiger partial charge in [-0.1, -0.05) is 35.3 Å². The summed E-state index contributed by atoms with van der Waals surface area (Å²) < 4.78 is 10.6. The molecular formula is C20H15Cl2N3O2. The van der Waals surface area contributed by atoms with Crippen molar-refractivity contribution in [1.29, 1.82) is 5.26 Å². The average Bonchev–Trinajstić information content (AvgIpc) is 2.68. The van der Waals surface area contributed by atoms with Gasteiger partial charge in [0.15, 0.2) is 11.5 Å². The van der Waals surface area contributed by atoms with Crippen LogP contribution in [-0.2, 0) is 0 Å². The smallest absolute Gasteiger partial charge is 0.161 e. The van der Waals surface area contributed by atoms with Crippen molar-refractivity contribution in [2.75, 3.05) is 20.0 Å². The summed E-state index contributed by atoms with van der Waals surface area (Å²) in [4.78, 5) is 4.35. The molecule has 0 spiro atoms. The molecule has 2 aromatic carbocycles. The minimum absolute atomic E-state index is 0.130. The molecule has 0 saturated carbocycles. The first-order chi connectivity index (χ1) is 13.0. The van der Waals surface area contributed by atoms with Crippen molar-refractivity contribution >= 4 is 29.0 Å². The largest absolute Gasteiger partial charge is 0.493 e. The van der Waals surface area contributed by atoms with Gasteiger partial charge in [0.1, 0.15) is 17.5 Å². The summed E-state index contributed by atoms with van der Waals surface area (Å²) in [7, 11) is 3.11. The van der Waals surface area contributed by atoms with Gasteiger partial charge in [-0.05, 0) is 35.9 Å². The summed E-state index contributed by atoms with van der Waals surface area (Å²) >= 11 is 12.1. The fourth-order valence-electron chi connectivity index (χ4n) is 2.72. The van der Waals surface area contributed by atoms with Gasteiger partial charge in [0.25, 0.3) is 0 Å². The molecule has 3 rings (SSSR count). The van der Waals surface area contributed by atoms with Crippen molar-refractivity contribution in [2.24, 2.45) is 0 Å². The van der Waals surface area contributed by atoms with Crippen LogP contribution in [0.1, 0.15) is 5.56 Å². The Bertz CT molecular complexity index is 1060. The number of halogens is 2. The summed E-state index contributed by atoms with van der Waals surface area (Å²) in [6.07, 6.45) is 0. The van der Waals surface area contributed by atoms with E-state index >= 15 is 0 Å². The van der Waals surface area contributed by atoms with Crippen molar-refractivity contribution < 1.29 is 9.47 Å². The molecule has 0 aliphatic heterocycles. The molecule has 5 nitrogen and oxygen atoms in total. The summed E-state index contributed by atoms with van der Waals surface area (Å²) in [5.41, 5.74) is 9.03. The van der Waals surface area contributed by atoms with E-state index in [-0.39, 0.29) is 11.4 Å². The number of nitrogens with zero attached hydrogens (tertiary/aromatic N) is 2. The van der Waals surface area contributed by atoms with Gasteiger partial charge >= 0.3 is 0 Å². The van der Waals surface area contributed by atoms with Gasteiger partial charge < -0.3 is 15.2 Å². The summed E-state index contributed by atoms with van der Waals surface area (Å²) in [6.45, 7) is 0. The molecule has 0 radical (unpaired) electrons. The van der Waals surface area contributed by atoms with Gasteiger partial charge in [-0.2, -0.15) is 5.26 Å². The quantitative estimate of drug-likeness (QED) is 0.652. The highest BCUT2D eigenvalue weighted by Gasteiger charge is 2.16. The Morgan fingerprint density at radius 1 is 0.926 bits per heavy atom. The van der Waals surface area contributed by atoms with Crippen molar-refractivity contribution in [1.82, 2.24) is 4.98 Å². The number of rotatable bonds is 4. The Morgan fingerprint density at radius 2 is 1.63 bits per heavy atom. The third-order valence-electron chi connectivity index (χ3n) is 4.07. The number of pyridine rings is 1. The van der Waals surface area contributed by atoms with Crippen molar-refractivity contribution in [3.8, 4) is 40.0 Å². The standard InChI is InChI=1S/C20H15Cl2N3O2/c1-26-18-6-4-11(8-19(18)27-2)13-9-17(25-20(24)14(13)10-23)12-3-5-15(21)16(22)7-12/h3-9H,1-2H3,(H2,24,25). The Kier molecular flexibility index (Phi) is 5.41. The predicted octanol–water partition coefficient (Wildman–Crippen LogP) is 5.19. The van der Waals surface area contributed by atoms with E-state index < -0.39 is 0 Å². The van der Waals surface area contributed by atoms with Gasteiger partial charge in [-0.3, -0.25) is 0 Å². The molecule has 7 heteroatoms. The second-order valence-corrected chi connectivity index (χ2v) is 6.44. The maximum absolute atomic E-state index is 9.57. The van der Waals surface area contributed by atoms with E-state index in [2.05, 4.69) is 11.1 Å². The van der Waals surface area contributed by atoms with E-state index in [0.29, 0.717) is 32.8 Å².